The van der Waals surface area contributed by atoms with Crippen LogP contribution in [-0.2, 0) is 58.3 Å². The third-order valence-corrected chi connectivity index (χ3v) is 28.7. The summed E-state index contributed by atoms with van der Waals surface area (Å²) in [4.78, 5) is 123. The van der Waals surface area contributed by atoms with E-state index in [4.69, 9.17) is 44.9 Å². The Bertz CT molecular complexity index is 5290. The molecule has 4 heterocycles. The van der Waals surface area contributed by atoms with Gasteiger partial charge in [-0.3, -0.25) is 28.7 Å². The Labute approximate surface area is 760 Å². The Balaban J connectivity index is 0.000000229. The van der Waals surface area contributed by atoms with E-state index in [9.17, 15) is 60.3 Å². The van der Waals surface area contributed by atoms with Crippen LogP contribution in [0.5, 0.6) is 23.0 Å². The molecule has 7 amide bonds. The van der Waals surface area contributed by atoms with Crippen LogP contribution in [0.1, 0.15) is 186 Å². The van der Waals surface area contributed by atoms with Crippen LogP contribution < -0.4 is 50.1 Å². The zero-order valence-electron chi connectivity index (χ0n) is 75.0. The van der Waals surface area contributed by atoms with Gasteiger partial charge in [-0.2, -0.15) is 0 Å². The third-order valence-electron chi connectivity index (χ3n) is 24.8. The minimum absolute atomic E-state index is 0. The van der Waals surface area contributed by atoms with Crippen molar-refractivity contribution in [3.8, 4) is 45.5 Å². The van der Waals surface area contributed by atoms with Crippen LogP contribution in [0.15, 0.2) is 135 Å². The number of nitrogens with two attached hydrogens (primary N) is 1. The summed E-state index contributed by atoms with van der Waals surface area (Å²) in [5.41, 5.74) is -2.12. The summed E-state index contributed by atoms with van der Waals surface area (Å²) >= 11 is 0. The molecule has 0 spiro atoms. The average Bonchev–Trinajstić information content (AvgIpc) is 1.56. The summed E-state index contributed by atoms with van der Waals surface area (Å²) in [7, 11) is -0.416. The van der Waals surface area contributed by atoms with Crippen molar-refractivity contribution in [1.29, 1.82) is 1.34 Å². The summed E-state index contributed by atoms with van der Waals surface area (Å²) in [5, 5.41) is 27.6. The van der Waals surface area contributed by atoms with Gasteiger partial charge in [0, 0.05) is 110 Å². The summed E-state index contributed by atoms with van der Waals surface area (Å²) in [6.07, 6.45) is 11.1. The number of likely N-dealkylation sites (tertiary alicyclic amines) is 2. The molecule has 14 rings (SSSR count). The number of carboxylic acids is 1. The number of primary sulfonamides is 1. The fourth-order valence-corrected chi connectivity index (χ4v) is 19.7. The molecular weight excluding hydrogens is 1860 g/mol. The molecule has 672 valence electrons. The molecule has 2 radical (unpaired) electrons. The largest absolute Gasteiger partial charge is 0.497 e. The number of carbonyl (C=O) groups is 8. The zero-order valence-corrected chi connectivity index (χ0v) is 79.8. The van der Waals surface area contributed by atoms with Crippen LogP contribution >= 0.6 is 0 Å². The van der Waals surface area contributed by atoms with E-state index in [0.29, 0.717) is 87.3 Å². The van der Waals surface area contributed by atoms with Crippen LogP contribution in [0.2, 0.25) is 0 Å². The smallest absolute Gasteiger partial charge is 0.408 e. The van der Waals surface area contributed by atoms with E-state index in [0.717, 1.165) is 49.7 Å². The van der Waals surface area contributed by atoms with Crippen LogP contribution in [-0.4, -0.2) is 195 Å². The minimum atomic E-state index is -4.05. The molecule has 125 heavy (non-hydrogen) atoms. The number of carboxylic acid groups (broad SMARTS) is 1. The maximum Gasteiger partial charge on any atom is 0.408 e. The molecule has 8 N–H and O–H groups in total. The van der Waals surface area contributed by atoms with Crippen molar-refractivity contribution in [3.63, 3.8) is 0 Å². The number of aliphatic carboxylic acids is 1. The van der Waals surface area contributed by atoms with Crippen molar-refractivity contribution in [2.75, 3.05) is 27.3 Å². The molecule has 4 aromatic carbocycles. The van der Waals surface area contributed by atoms with Crippen molar-refractivity contribution < 1.29 is 120 Å². The maximum absolute atomic E-state index is 14.8. The van der Waals surface area contributed by atoms with E-state index in [2.05, 4.69) is 47.5 Å². The van der Waals surface area contributed by atoms with Gasteiger partial charge in [0.05, 0.1) is 59.2 Å². The monoisotopic (exact) mass is 1980 g/mol. The number of sulfonamides is 2. The Morgan fingerprint density at radius 2 is 0.952 bits per heavy atom. The van der Waals surface area contributed by atoms with Gasteiger partial charge in [-0.1, -0.05) is 153 Å². The van der Waals surface area contributed by atoms with Crippen molar-refractivity contribution >= 4 is 97.9 Å². The molecule has 8 fully saturated rings. The summed E-state index contributed by atoms with van der Waals surface area (Å²) in [6, 6.07) is 29.2. The molecule has 6 aromatic rings. The number of nitrogens with one attached hydrogen (secondary N) is 5. The molecule has 0 unspecified atom stereocenters. The first-order valence-electron chi connectivity index (χ1n) is 43.0. The number of alkyl carbamates (subject to hydrolysis) is 2. The molecule has 6 saturated carbocycles. The molecule has 6 aliphatic carbocycles. The molecule has 29 nitrogen and oxygen atoms in total. The Hall–Kier alpha value is -9.28. The second-order valence-electron chi connectivity index (χ2n) is 38.5. The number of methoxy groups -OCH3 is 2. The fraction of sp³-hybridized carbons (Fsp3) is 0.543. The van der Waals surface area contributed by atoms with Gasteiger partial charge in [-0.25, -0.2) is 46.3 Å². The zero-order chi connectivity index (χ0) is 91.5. The number of carbonyl (C=O) groups excluding carboxylic acids is 7. The molecule has 10 atom stereocenters. The van der Waals surface area contributed by atoms with Crippen molar-refractivity contribution in [3.05, 3.63) is 135 Å². The third kappa shape index (κ3) is 22.6. The van der Waals surface area contributed by atoms with E-state index in [-0.39, 0.29) is 69.9 Å². The normalized spacial score (nSPS) is 23.3. The van der Waals surface area contributed by atoms with Gasteiger partial charge in [0.15, 0.2) is 0 Å². The number of hydrogen-bond donors (Lipinski definition) is 7. The van der Waals surface area contributed by atoms with Crippen molar-refractivity contribution in [1.82, 2.24) is 45.8 Å². The standard InChI is InChI=1S/C46H59N5O9S.C38H46N4O8.C8H15NO2S.BH.U/c1-9-30-26-46(30,41(54)50-61(56,57)45(20-21-45)25-28-14-13-15-28)49-39(52)36-23-32(27-51(36)40(53)38(43(2,3)4)48-42(55)60-44(5,6)7)59-37-24-34(29-16-11-10-12-17-29)47-35-22-31(58-8)18-19-33(35)37;1-9-23-20-38(23,34(45)46)41-32(43)29-18-25(21-42(29)33(44)31(36(2,3)4)40-35(47)50-37(5,6)7)49-30-19-27(22-13-11-10-12-14-22)39-28-17-24(48-8)15-16-26(28)30;9-12(10,11)8(4-5-8)6-7-2-1-3-7;;/h9-12,16-19,22,24,28,30,32,36,38H,1,13-15,20-21,23,25-27H2,2-8H3,(H,48,55)(H,49,52)(H,50,54);9-17,19,23,25,29,31H,1,18,20-21H2,2-8H3,(H,40,47)(H,41,43)(H,45,46);7H,1-6H2,(H2,9,10,11);1H;/t30-,32-,36+,38-,46-;23-,25-,29+,31-,38-;;;/m11.../s1/i;;;1D;. The van der Waals surface area contributed by atoms with Crippen LogP contribution in [0.4, 0.5) is 9.59 Å². The van der Waals surface area contributed by atoms with Crippen LogP contribution in [0.25, 0.3) is 44.3 Å². The van der Waals surface area contributed by atoms with Gasteiger partial charge in [-0.15, -0.1) is 13.2 Å². The maximum atomic E-state index is 14.8. The van der Waals surface area contributed by atoms with Crippen LogP contribution in [0, 0.1) is 65.6 Å². The number of rotatable bonds is 27. The quantitative estimate of drug-likeness (QED) is 0.0186. The second kappa shape index (κ2) is 37.9. The van der Waals surface area contributed by atoms with Gasteiger partial charge < -0.3 is 64.6 Å². The first-order valence-corrected chi connectivity index (χ1v) is 45.4. The van der Waals surface area contributed by atoms with Crippen LogP contribution in [0.3, 0.4) is 0 Å². The van der Waals surface area contributed by atoms with Gasteiger partial charge in [0.2, 0.25) is 43.7 Å². The van der Waals surface area contributed by atoms with Gasteiger partial charge in [-0.05, 0) is 141 Å². The molecule has 2 aromatic heterocycles. The first-order chi connectivity index (χ1) is 58.7. The van der Waals surface area contributed by atoms with E-state index >= 15 is 0 Å². The molecular formula is C92H121BN10O19S2U. The van der Waals surface area contributed by atoms with Gasteiger partial charge in [0.1, 0.15) is 81.7 Å². The number of amides is 7. The van der Waals surface area contributed by atoms with E-state index in [1.54, 1.807) is 116 Å². The summed E-state index contributed by atoms with van der Waals surface area (Å²) in [6.45, 7) is 28.6. The number of fused-ring (bicyclic) bond motifs is 2. The second-order valence-corrected chi connectivity index (χ2v) is 42.6. The van der Waals surface area contributed by atoms with Crippen molar-refractivity contribution in [2.45, 2.75) is 254 Å². The number of ether oxygens (including phenoxy) is 6. The topological polar surface area (TPSA) is 399 Å². The number of aromatic nitrogens is 2. The summed E-state index contributed by atoms with van der Waals surface area (Å²) in [5.74, 6) is -2.21. The first kappa shape index (κ1) is 96.4. The fourth-order valence-electron chi connectivity index (χ4n) is 16.8. The predicted molar refractivity (Wildman–Crippen MR) is 473 cm³/mol. The number of hydrogen-bond acceptors (Lipinski definition) is 20. The Kier molecular flexibility index (Phi) is 29.3. The average molecular weight is 1990 g/mol. The van der Waals surface area contributed by atoms with E-state index in [1.165, 1.54) is 41.2 Å². The number of nitrogens with zero attached hydrogens (tertiary/aromatic N) is 4. The summed E-state index contributed by atoms with van der Waals surface area (Å²) < 4.78 is 91.3. The van der Waals surface area contributed by atoms with Crippen molar-refractivity contribution in [2.24, 2.45) is 39.6 Å². The molecule has 33 heteroatoms. The Morgan fingerprint density at radius 1 is 0.576 bits per heavy atom. The van der Waals surface area contributed by atoms with Gasteiger partial charge in [0.25, 0.3) is 5.91 Å². The molecule has 8 aliphatic rings. The van der Waals surface area contributed by atoms with Gasteiger partial charge >= 0.3 is 18.2 Å². The molecule has 2 aliphatic heterocycles. The minimum Gasteiger partial charge on any atom is -0.497 e. The number of benzene rings is 4. The molecule has 2 saturated heterocycles. The van der Waals surface area contributed by atoms with E-state index in [1.807, 2.05) is 91.0 Å². The SMILES string of the molecule is C=C[C@@H]1C[C@]1(NC(=O)[C@@H]1C[C@@H](Oc2cc(-c3ccccc3)nc3cc(OC)ccc23)CN1C(=O)[C@@H](NC(=O)OC(C)(C)C)C(C)(C)C)C(=O)NS(=O)(=O)C1(CC2CCC2)CC1.C=C[C@@H]1C[C@]1(NC(=O)[C@@H]1C[C@@H](Oc2cc(-c3ccccc3)nc3cc(OC)ccc23)CN1C(=O)[C@@H](NC(=O)OC(C)(C)C)C(C)(C)C)C(=O)O.NS(=O)(=O)C1(CC2CCC2)CC1.[2H][B].[U]. The number of pyridine rings is 2. The predicted octanol–water partition coefficient (Wildman–Crippen LogP) is 12.1. The Morgan fingerprint density at radius 3 is 1.27 bits per heavy atom. The van der Waals surface area contributed by atoms with E-state index < -0.39 is 159 Å². The molecule has 0 bridgehead atoms.